The topological polar surface area (TPSA) is 89.0 Å². The van der Waals surface area contributed by atoms with E-state index in [0.29, 0.717) is 18.1 Å². The molecule has 0 atom stereocenters. The molecule has 0 aliphatic carbocycles. The van der Waals surface area contributed by atoms with Crippen LogP contribution in [-0.2, 0) is 6.54 Å². The van der Waals surface area contributed by atoms with Gasteiger partial charge in [-0.15, -0.1) is 10.2 Å². The van der Waals surface area contributed by atoms with Crippen molar-refractivity contribution in [1.29, 1.82) is 0 Å². The molecule has 0 unspecified atom stereocenters. The number of methoxy groups -OCH3 is 1. The number of carbonyl (C=O) groups is 1. The van der Waals surface area contributed by atoms with Gasteiger partial charge in [0, 0.05) is 11.9 Å². The van der Waals surface area contributed by atoms with E-state index in [-0.39, 0.29) is 11.6 Å². The van der Waals surface area contributed by atoms with Crippen molar-refractivity contribution >= 4 is 17.4 Å². The van der Waals surface area contributed by atoms with E-state index in [1.165, 1.54) is 0 Å². The van der Waals surface area contributed by atoms with Crippen molar-refractivity contribution in [3.63, 3.8) is 0 Å². The fourth-order valence-electron chi connectivity index (χ4n) is 2.10. The van der Waals surface area contributed by atoms with E-state index in [9.17, 15) is 4.79 Å². The molecule has 2 aromatic heterocycles. The molecule has 0 aliphatic heterocycles. The van der Waals surface area contributed by atoms with E-state index >= 15 is 0 Å². The third kappa shape index (κ3) is 4.51. The number of carbonyl (C=O) groups excluding carboxylic acids is 1. The number of nitrogens with one attached hydrogen (secondary N) is 2. The first kappa shape index (κ1) is 16.4. The third-order valence-corrected chi connectivity index (χ3v) is 3.42. The lowest BCUT2D eigenvalue weighted by molar-refractivity contribution is 0.102. The first-order chi connectivity index (χ1) is 12.2. The minimum atomic E-state index is -0.325. The van der Waals surface area contributed by atoms with E-state index in [2.05, 4.69) is 25.8 Å². The molecular formula is C18H17N5O2. The summed E-state index contributed by atoms with van der Waals surface area (Å²) in [6.07, 6.45) is 1.73. The molecule has 2 N–H and O–H groups in total. The largest absolute Gasteiger partial charge is 0.497 e. The molecular weight excluding hydrogens is 318 g/mol. The number of benzene rings is 1. The van der Waals surface area contributed by atoms with E-state index < -0.39 is 0 Å². The smallest absolute Gasteiger partial charge is 0.276 e. The maximum absolute atomic E-state index is 12.2. The Hall–Kier alpha value is -3.48. The number of nitrogens with zero attached hydrogens (tertiary/aromatic N) is 3. The summed E-state index contributed by atoms with van der Waals surface area (Å²) in [5, 5.41) is 13.8. The fraction of sp³-hybridized carbons (Fsp3) is 0.111. The molecule has 126 valence electrons. The van der Waals surface area contributed by atoms with Crippen molar-refractivity contribution in [2.45, 2.75) is 6.54 Å². The van der Waals surface area contributed by atoms with Crippen LogP contribution in [0.25, 0.3) is 0 Å². The Bertz CT molecular complexity index is 820. The van der Waals surface area contributed by atoms with Crippen LogP contribution < -0.4 is 15.4 Å². The van der Waals surface area contributed by atoms with Crippen LogP contribution in [0, 0.1) is 0 Å². The van der Waals surface area contributed by atoms with Gasteiger partial charge in [-0.2, -0.15) is 0 Å². The summed E-state index contributed by atoms with van der Waals surface area (Å²) < 4.78 is 5.08. The Balaban J connectivity index is 1.58. The number of pyridine rings is 1. The second-order valence-electron chi connectivity index (χ2n) is 5.16. The quantitative estimate of drug-likeness (QED) is 0.720. The van der Waals surface area contributed by atoms with E-state index in [4.69, 9.17) is 4.74 Å². The molecule has 1 amide bonds. The summed E-state index contributed by atoms with van der Waals surface area (Å²) in [5.41, 5.74) is 1.79. The second-order valence-corrected chi connectivity index (χ2v) is 5.16. The minimum Gasteiger partial charge on any atom is -0.497 e. The Labute approximate surface area is 145 Å². The molecule has 3 rings (SSSR count). The molecule has 0 fully saturated rings. The zero-order valence-corrected chi connectivity index (χ0v) is 13.6. The highest BCUT2D eigenvalue weighted by Crippen LogP contribution is 2.15. The van der Waals surface area contributed by atoms with Crippen molar-refractivity contribution in [3.05, 3.63) is 72.2 Å². The van der Waals surface area contributed by atoms with Gasteiger partial charge in [0.25, 0.3) is 5.91 Å². The Kier molecular flexibility index (Phi) is 5.16. The zero-order chi connectivity index (χ0) is 17.5. The standard InChI is InChI=1S/C18H17N5O2/c1-25-15-7-5-13(6-8-15)21-18(24)16-9-10-17(23-22-16)20-12-14-4-2-3-11-19-14/h2-11H,12H2,1H3,(H,20,23)(H,21,24). The van der Waals surface area contributed by atoms with Gasteiger partial charge in [-0.3, -0.25) is 9.78 Å². The number of anilines is 2. The number of ether oxygens (including phenoxy) is 1. The van der Waals surface area contributed by atoms with Gasteiger partial charge in [0.1, 0.15) is 11.6 Å². The van der Waals surface area contributed by atoms with Crippen LogP contribution in [0.5, 0.6) is 5.75 Å². The molecule has 0 radical (unpaired) electrons. The highest BCUT2D eigenvalue weighted by Gasteiger charge is 2.09. The van der Waals surface area contributed by atoms with Crippen LogP contribution in [0.3, 0.4) is 0 Å². The van der Waals surface area contributed by atoms with E-state index in [1.54, 1.807) is 49.7 Å². The summed E-state index contributed by atoms with van der Waals surface area (Å²) in [5.74, 6) is 0.974. The number of hydrogen-bond donors (Lipinski definition) is 2. The molecule has 0 aliphatic rings. The summed E-state index contributed by atoms with van der Waals surface area (Å²) in [7, 11) is 1.59. The lowest BCUT2D eigenvalue weighted by Crippen LogP contribution is -2.15. The van der Waals surface area contributed by atoms with Gasteiger partial charge in [-0.25, -0.2) is 0 Å². The van der Waals surface area contributed by atoms with Crippen LogP contribution in [0.4, 0.5) is 11.5 Å². The number of amides is 1. The third-order valence-electron chi connectivity index (χ3n) is 3.42. The molecule has 25 heavy (non-hydrogen) atoms. The first-order valence-electron chi connectivity index (χ1n) is 7.67. The van der Waals surface area contributed by atoms with Gasteiger partial charge in [0.15, 0.2) is 5.69 Å². The van der Waals surface area contributed by atoms with Crippen LogP contribution in [-0.4, -0.2) is 28.2 Å². The second kappa shape index (κ2) is 7.87. The van der Waals surface area contributed by atoms with Gasteiger partial charge in [0.05, 0.1) is 19.3 Å². The molecule has 0 bridgehead atoms. The van der Waals surface area contributed by atoms with Crippen LogP contribution in [0.2, 0.25) is 0 Å². The molecule has 1 aromatic carbocycles. The summed E-state index contributed by atoms with van der Waals surface area (Å²) in [6, 6.07) is 16.1. The van der Waals surface area contributed by atoms with E-state index in [1.807, 2.05) is 18.2 Å². The van der Waals surface area contributed by atoms with Crippen molar-refractivity contribution in [1.82, 2.24) is 15.2 Å². The lowest BCUT2D eigenvalue weighted by Gasteiger charge is -2.07. The van der Waals surface area contributed by atoms with Crippen LogP contribution in [0.15, 0.2) is 60.8 Å². The fourth-order valence-corrected chi connectivity index (χ4v) is 2.10. The maximum atomic E-state index is 12.2. The average molecular weight is 335 g/mol. The Morgan fingerprint density at radius 2 is 1.88 bits per heavy atom. The van der Waals surface area contributed by atoms with Crippen LogP contribution >= 0.6 is 0 Å². The molecule has 7 nitrogen and oxygen atoms in total. The van der Waals surface area contributed by atoms with Crippen molar-refractivity contribution in [2.75, 3.05) is 17.7 Å². The molecule has 0 saturated heterocycles. The number of rotatable bonds is 6. The van der Waals surface area contributed by atoms with E-state index in [0.717, 1.165) is 11.4 Å². The van der Waals surface area contributed by atoms with Gasteiger partial charge in [-0.05, 0) is 48.5 Å². The summed E-state index contributed by atoms with van der Waals surface area (Å²) in [6.45, 7) is 0.535. The molecule has 3 aromatic rings. The minimum absolute atomic E-state index is 0.235. The predicted octanol–water partition coefficient (Wildman–Crippen LogP) is 2.74. The highest BCUT2D eigenvalue weighted by atomic mass is 16.5. The maximum Gasteiger partial charge on any atom is 0.276 e. The van der Waals surface area contributed by atoms with Gasteiger partial charge < -0.3 is 15.4 Å². The van der Waals surface area contributed by atoms with Crippen molar-refractivity contribution < 1.29 is 9.53 Å². The van der Waals surface area contributed by atoms with Gasteiger partial charge in [0.2, 0.25) is 0 Å². The molecule has 7 heteroatoms. The number of hydrogen-bond acceptors (Lipinski definition) is 6. The molecule has 0 spiro atoms. The molecule has 2 heterocycles. The summed E-state index contributed by atoms with van der Waals surface area (Å²) in [4.78, 5) is 16.4. The van der Waals surface area contributed by atoms with Crippen molar-refractivity contribution in [3.8, 4) is 5.75 Å². The zero-order valence-electron chi connectivity index (χ0n) is 13.6. The Morgan fingerprint density at radius 3 is 2.52 bits per heavy atom. The highest BCUT2D eigenvalue weighted by molar-refractivity contribution is 6.02. The van der Waals surface area contributed by atoms with Crippen molar-refractivity contribution in [2.24, 2.45) is 0 Å². The van der Waals surface area contributed by atoms with Crippen LogP contribution in [0.1, 0.15) is 16.2 Å². The number of aromatic nitrogens is 3. The van der Waals surface area contributed by atoms with Gasteiger partial charge >= 0.3 is 0 Å². The monoisotopic (exact) mass is 335 g/mol. The predicted molar refractivity (Wildman–Crippen MR) is 94.5 cm³/mol. The van der Waals surface area contributed by atoms with Gasteiger partial charge in [-0.1, -0.05) is 6.07 Å². The SMILES string of the molecule is COc1ccc(NC(=O)c2ccc(NCc3ccccn3)nn2)cc1. The normalized spacial score (nSPS) is 10.1. The lowest BCUT2D eigenvalue weighted by atomic mass is 10.3. The Morgan fingerprint density at radius 1 is 1.04 bits per heavy atom. The average Bonchev–Trinajstić information content (AvgIpc) is 2.68. The first-order valence-corrected chi connectivity index (χ1v) is 7.67. The molecule has 0 saturated carbocycles. The summed E-state index contributed by atoms with van der Waals surface area (Å²) >= 11 is 0.